The minimum Gasteiger partial charge on any atom is -0.494 e. The van der Waals surface area contributed by atoms with Crippen molar-refractivity contribution in [3.63, 3.8) is 0 Å². The zero-order valence-electron chi connectivity index (χ0n) is 19.0. The second-order valence-corrected chi connectivity index (χ2v) is 22.5. The number of ketones is 1. The van der Waals surface area contributed by atoms with Crippen molar-refractivity contribution in [2.75, 3.05) is 6.61 Å². The molecule has 0 bridgehead atoms. The quantitative estimate of drug-likeness (QED) is 0.290. The molecule has 5 nitrogen and oxygen atoms in total. The Morgan fingerprint density at radius 3 is 1.96 bits per heavy atom. The number of hydrogen-bond acceptors (Lipinski definition) is 5. The van der Waals surface area contributed by atoms with Gasteiger partial charge in [0.05, 0.1) is 6.61 Å². The van der Waals surface area contributed by atoms with E-state index < -0.39 is 30.8 Å². The van der Waals surface area contributed by atoms with Gasteiger partial charge in [-0.1, -0.05) is 0 Å². The number of aliphatic hydroxyl groups is 1. The van der Waals surface area contributed by atoms with E-state index in [0.29, 0.717) is 12.2 Å². The Morgan fingerprint density at radius 1 is 0.964 bits per heavy atom. The summed E-state index contributed by atoms with van der Waals surface area (Å²) in [6, 6.07) is 7.94. The number of ether oxygens (including phenoxy) is 1. The third-order valence-corrected chi connectivity index (χ3v) is 14.1. The summed E-state index contributed by atoms with van der Waals surface area (Å²) in [5.41, 5.74) is -0.883. The van der Waals surface area contributed by atoms with Gasteiger partial charge in [-0.25, -0.2) is 0 Å². The number of Topliss-reactive ketones (excluding diaryl/α,β-unsaturated/α-hetero) is 1. The van der Waals surface area contributed by atoms with Gasteiger partial charge in [0, 0.05) is 5.56 Å². The van der Waals surface area contributed by atoms with Crippen molar-refractivity contribution >= 4 is 31.0 Å². The van der Waals surface area contributed by atoms with E-state index in [1.165, 1.54) is 13.8 Å². The summed E-state index contributed by atoms with van der Waals surface area (Å²) in [7, 11) is -5.52. The van der Waals surface area contributed by atoms with E-state index >= 15 is 0 Å². The maximum absolute atomic E-state index is 12.0. The first-order valence-electron chi connectivity index (χ1n) is 9.91. The molecule has 1 N–H and O–H groups in total. The number of carbonyl (C=O) groups excluding carboxylic acids is 1. The molecule has 0 saturated carbocycles. The predicted octanol–water partition coefficient (Wildman–Crippen LogP) is 5.18. The lowest BCUT2D eigenvalue weighted by molar-refractivity contribution is 0.0488. The molecule has 0 saturated heterocycles. The van der Waals surface area contributed by atoms with Crippen LogP contribution < -0.4 is 4.74 Å². The zero-order valence-corrected chi connectivity index (χ0v) is 22.0. The molecule has 1 aromatic carbocycles. The van der Waals surface area contributed by atoms with Gasteiger partial charge in [0.25, 0.3) is 0 Å². The van der Waals surface area contributed by atoms with Gasteiger partial charge in [0.2, 0.25) is 0 Å². The van der Waals surface area contributed by atoms with Crippen molar-refractivity contribution in [2.24, 2.45) is 0 Å². The Hall–Kier alpha value is -0.779. The molecule has 28 heavy (non-hydrogen) atoms. The molecule has 0 radical (unpaired) electrons. The molecule has 0 aliphatic carbocycles. The van der Waals surface area contributed by atoms with Crippen molar-refractivity contribution in [2.45, 2.75) is 77.7 Å². The van der Waals surface area contributed by atoms with Gasteiger partial charge >= 0.3 is 8.56 Å². The van der Waals surface area contributed by atoms with Gasteiger partial charge in [0.15, 0.2) is 22.4 Å². The summed E-state index contributed by atoms with van der Waals surface area (Å²) in [4.78, 5) is 12.0. The standard InChI is InChI=1S/C20H38O5Si3/c1-20(2,22)19(21)17-11-13-18(14-12-17)23-15-10-16-27(6,7)25-28(8,9)24-26(3,4)5/h11-14,22H,10,15-16H2,1-9H3. The molecule has 160 valence electrons. The van der Waals surface area contributed by atoms with Crippen LogP contribution in [0.5, 0.6) is 5.75 Å². The number of rotatable bonds is 11. The highest BCUT2D eigenvalue weighted by molar-refractivity contribution is 6.87. The molecule has 0 atom stereocenters. The molecular weight excluding hydrogens is 404 g/mol. The van der Waals surface area contributed by atoms with Gasteiger partial charge in [-0.3, -0.25) is 4.79 Å². The van der Waals surface area contributed by atoms with Gasteiger partial charge < -0.3 is 18.1 Å². The average Bonchev–Trinajstić information content (AvgIpc) is 2.47. The normalized spacial score (nSPS) is 13.5. The number of hydrogen-bond donors (Lipinski definition) is 1. The second-order valence-electron chi connectivity index (χ2n) is 9.84. The first kappa shape index (κ1) is 25.3. The van der Waals surface area contributed by atoms with Crippen molar-refractivity contribution in [1.29, 1.82) is 0 Å². The van der Waals surface area contributed by atoms with Crippen molar-refractivity contribution in [1.82, 2.24) is 0 Å². The van der Waals surface area contributed by atoms with Crippen LogP contribution in [0.4, 0.5) is 0 Å². The van der Waals surface area contributed by atoms with E-state index in [4.69, 9.17) is 13.0 Å². The predicted molar refractivity (Wildman–Crippen MR) is 122 cm³/mol. The molecule has 0 fully saturated rings. The Kier molecular flexibility index (Phi) is 8.44. The van der Waals surface area contributed by atoms with Gasteiger partial charge in [0.1, 0.15) is 11.4 Å². The fourth-order valence-corrected chi connectivity index (χ4v) is 16.4. The van der Waals surface area contributed by atoms with Crippen LogP contribution in [0.25, 0.3) is 0 Å². The van der Waals surface area contributed by atoms with Crippen LogP contribution in [0, 0.1) is 0 Å². The maximum Gasteiger partial charge on any atom is 0.311 e. The summed E-state index contributed by atoms with van der Waals surface area (Å²) < 4.78 is 18.6. The largest absolute Gasteiger partial charge is 0.494 e. The molecule has 0 aromatic heterocycles. The number of benzene rings is 1. The topological polar surface area (TPSA) is 65.0 Å². The van der Waals surface area contributed by atoms with E-state index in [1.54, 1.807) is 24.3 Å². The van der Waals surface area contributed by atoms with Crippen LogP contribution in [0.1, 0.15) is 30.6 Å². The fourth-order valence-electron chi connectivity index (χ4n) is 3.22. The van der Waals surface area contributed by atoms with Crippen LogP contribution in [0.2, 0.25) is 51.9 Å². The van der Waals surface area contributed by atoms with E-state index in [0.717, 1.165) is 18.2 Å². The molecule has 0 unspecified atom stereocenters. The Morgan fingerprint density at radius 2 is 1.50 bits per heavy atom. The lowest BCUT2D eigenvalue weighted by Gasteiger charge is -2.37. The van der Waals surface area contributed by atoms with Crippen LogP contribution in [-0.2, 0) is 8.23 Å². The lowest BCUT2D eigenvalue weighted by Crippen LogP contribution is -2.51. The third kappa shape index (κ3) is 9.62. The van der Waals surface area contributed by atoms with E-state index in [9.17, 15) is 9.90 Å². The minimum atomic E-state index is -2.10. The molecule has 1 aromatic rings. The monoisotopic (exact) mass is 442 g/mol. The fraction of sp³-hybridized carbons (Fsp3) is 0.650. The van der Waals surface area contributed by atoms with Crippen molar-refractivity contribution in [3.8, 4) is 5.75 Å². The van der Waals surface area contributed by atoms with Crippen molar-refractivity contribution in [3.05, 3.63) is 29.8 Å². The lowest BCUT2D eigenvalue weighted by atomic mass is 9.97. The SMILES string of the molecule is CC(C)(O)C(=O)c1ccc(OCCC[Si](C)(C)O[Si](C)(C)O[Si](C)(C)C)cc1. The first-order chi connectivity index (χ1) is 12.5. The molecule has 0 heterocycles. The Labute approximate surface area is 173 Å². The smallest absolute Gasteiger partial charge is 0.311 e. The Bertz CT molecular complexity index is 643. The Balaban J connectivity index is 2.48. The summed E-state index contributed by atoms with van der Waals surface area (Å²) in [6.07, 6.45) is 0.918. The highest BCUT2D eigenvalue weighted by atomic mass is 28.5. The molecule has 0 aliphatic heterocycles. The zero-order chi connectivity index (χ0) is 21.8. The second kappa shape index (κ2) is 9.36. The summed E-state index contributed by atoms with van der Waals surface area (Å²) in [5, 5.41) is 9.81. The molecular formula is C20H38O5Si3. The number of carbonyl (C=O) groups is 1. The summed E-state index contributed by atoms with van der Waals surface area (Å²) in [5.74, 6) is 0.431. The van der Waals surface area contributed by atoms with Crippen LogP contribution in [-0.4, -0.2) is 48.3 Å². The van der Waals surface area contributed by atoms with Gasteiger partial charge in [-0.05, 0) is 96.4 Å². The maximum atomic E-state index is 12.0. The average molecular weight is 443 g/mol. The summed E-state index contributed by atoms with van der Waals surface area (Å²) >= 11 is 0. The third-order valence-electron chi connectivity index (χ3n) is 3.94. The summed E-state index contributed by atoms with van der Waals surface area (Å²) in [6.45, 7) is 19.0. The molecule has 0 aliphatic rings. The first-order valence-corrected chi connectivity index (χ1v) is 19.3. The van der Waals surface area contributed by atoms with Crippen LogP contribution in [0.3, 0.4) is 0 Å². The van der Waals surface area contributed by atoms with E-state index in [-0.39, 0.29) is 5.78 Å². The highest BCUT2D eigenvalue weighted by Crippen LogP contribution is 2.24. The molecule has 1 rings (SSSR count). The minimum absolute atomic E-state index is 0.295. The van der Waals surface area contributed by atoms with Gasteiger partial charge in [-0.15, -0.1) is 0 Å². The molecule has 0 spiro atoms. The molecule has 8 heteroatoms. The van der Waals surface area contributed by atoms with Crippen LogP contribution >= 0.6 is 0 Å². The highest BCUT2D eigenvalue weighted by Gasteiger charge is 2.37. The van der Waals surface area contributed by atoms with E-state index in [2.05, 4.69) is 45.8 Å². The van der Waals surface area contributed by atoms with Gasteiger partial charge in [-0.2, -0.15) is 0 Å². The van der Waals surface area contributed by atoms with E-state index in [1.807, 2.05) is 0 Å². The van der Waals surface area contributed by atoms with Crippen LogP contribution in [0.15, 0.2) is 24.3 Å². The molecule has 0 amide bonds. The van der Waals surface area contributed by atoms with Crippen molar-refractivity contribution < 1.29 is 22.9 Å².